The number of sulfonamides is 1. The molecule has 4 rings (SSSR count). The molecule has 0 unspecified atom stereocenters. The van der Waals surface area contributed by atoms with E-state index in [0.29, 0.717) is 16.6 Å². The van der Waals surface area contributed by atoms with E-state index in [2.05, 4.69) is 20.2 Å². The van der Waals surface area contributed by atoms with E-state index < -0.39 is 21.7 Å². The Hall–Kier alpha value is -2.85. The van der Waals surface area contributed by atoms with Gasteiger partial charge in [0.1, 0.15) is 10.8 Å². The Morgan fingerprint density at radius 1 is 1.04 bits per heavy atom. The number of nitrogens with one attached hydrogen (secondary N) is 2. The van der Waals surface area contributed by atoms with Crippen LogP contribution in [0.15, 0.2) is 53.4 Å². The lowest BCUT2D eigenvalue weighted by molar-refractivity contribution is 0.102. The standard InChI is InChI=1S/C18H15FN4O3S2/c19-13-5-7-14(8-6-13)23-28(25,26)15-9-3-11(4-10-15)16(24)20-18-22-21-17(27-18)12-1-2-12/h3-10,12,23H,1-2H2,(H,20,22,24). The number of rotatable bonds is 6. The minimum Gasteiger partial charge on any atom is -0.296 e. The van der Waals surface area contributed by atoms with Gasteiger partial charge in [-0.3, -0.25) is 14.8 Å². The fourth-order valence-electron chi connectivity index (χ4n) is 2.47. The summed E-state index contributed by atoms with van der Waals surface area (Å²) in [5.41, 5.74) is 0.537. The van der Waals surface area contributed by atoms with Crippen molar-refractivity contribution in [2.75, 3.05) is 10.0 Å². The van der Waals surface area contributed by atoms with Crippen molar-refractivity contribution in [3.05, 3.63) is 64.9 Å². The van der Waals surface area contributed by atoms with Gasteiger partial charge in [0, 0.05) is 17.2 Å². The van der Waals surface area contributed by atoms with Crippen molar-refractivity contribution < 1.29 is 17.6 Å². The monoisotopic (exact) mass is 418 g/mol. The molecule has 0 aliphatic heterocycles. The molecule has 3 aromatic rings. The predicted octanol–water partition coefficient (Wildman–Crippen LogP) is 3.61. The molecule has 1 fully saturated rings. The van der Waals surface area contributed by atoms with E-state index in [9.17, 15) is 17.6 Å². The summed E-state index contributed by atoms with van der Waals surface area (Å²) < 4.78 is 40.1. The SMILES string of the molecule is O=C(Nc1nnc(C2CC2)s1)c1ccc(S(=O)(=O)Nc2ccc(F)cc2)cc1. The van der Waals surface area contributed by atoms with Gasteiger partial charge in [-0.1, -0.05) is 11.3 Å². The molecule has 28 heavy (non-hydrogen) atoms. The number of anilines is 2. The van der Waals surface area contributed by atoms with Gasteiger partial charge in [-0.2, -0.15) is 0 Å². The summed E-state index contributed by atoms with van der Waals surface area (Å²) in [5.74, 6) is -0.395. The third-order valence-electron chi connectivity index (χ3n) is 4.11. The molecule has 7 nitrogen and oxygen atoms in total. The summed E-state index contributed by atoms with van der Waals surface area (Å²) in [7, 11) is -3.85. The Labute approximate surface area is 164 Å². The maximum absolute atomic E-state index is 12.9. The van der Waals surface area contributed by atoms with Crippen molar-refractivity contribution >= 4 is 38.1 Å². The number of carbonyl (C=O) groups is 1. The van der Waals surface area contributed by atoms with Gasteiger partial charge < -0.3 is 0 Å². The number of halogens is 1. The topological polar surface area (TPSA) is 101 Å². The van der Waals surface area contributed by atoms with Gasteiger partial charge in [-0.25, -0.2) is 12.8 Å². The molecule has 0 spiro atoms. The van der Waals surface area contributed by atoms with Crippen molar-refractivity contribution in [3.8, 4) is 0 Å². The van der Waals surface area contributed by atoms with Crippen molar-refractivity contribution in [1.82, 2.24) is 10.2 Å². The molecule has 1 amide bonds. The maximum Gasteiger partial charge on any atom is 0.261 e. The molecule has 10 heteroatoms. The molecule has 2 N–H and O–H groups in total. The number of carbonyl (C=O) groups excluding carboxylic acids is 1. The third kappa shape index (κ3) is 4.18. The molecule has 1 aliphatic rings. The van der Waals surface area contributed by atoms with Gasteiger partial charge in [0.15, 0.2) is 0 Å². The minimum atomic E-state index is -3.85. The number of hydrogen-bond acceptors (Lipinski definition) is 6. The summed E-state index contributed by atoms with van der Waals surface area (Å²) in [6.45, 7) is 0. The second kappa shape index (κ2) is 7.28. The summed E-state index contributed by atoms with van der Waals surface area (Å²) in [6.07, 6.45) is 2.20. The normalized spacial score (nSPS) is 13.9. The van der Waals surface area contributed by atoms with Gasteiger partial charge in [0.2, 0.25) is 5.13 Å². The van der Waals surface area contributed by atoms with Crippen LogP contribution in [-0.2, 0) is 10.0 Å². The number of aromatic nitrogens is 2. The first-order valence-corrected chi connectivity index (χ1v) is 10.7. The number of nitrogens with zero attached hydrogens (tertiary/aromatic N) is 2. The van der Waals surface area contributed by atoms with E-state index >= 15 is 0 Å². The van der Waals surface area contributed by atoms with E-state index in [0.717, 1.165) is 30.0 Å². The van der Waals surface area contributed by atoms with Crippen LogP contribution < -0.4 is 10.0 Å². The van der Waals surface area contributed by atoms with Crippen molar-refractivity contribution in [2.24, 2.45) is 0 Å². The fourth-order valence-corrected chi connectivity index (χ4v) is 4.43. The Morgan fingerprint density at radius 2 is 1.71 bits per heavy atom. The van der Waals surface area contributed by atoms with E-state index in [1.165, 1.54) is 47.7 Å². The number of hydrogen-bond donors (Lipinski definition) is 2. The van der Waals surface area contributed by atoms with Gasteiger partial charge in [0.25, 0.3) is 15.9 Å². The van der Waals surface area contributed by atoms with Crippen LogP contribution in [0.5, 0.6) is 0 Å². The Bertz CT molecular complexity index is 1110. The quantitative estimate of drug-likeness (QED) is 0.637. The second-order valence-electron chi connectivity index (χ2n) is 6.31. The smallest absolute Gasteiger partial charge is 0.261 e. The highest BCUT2D eigenvalue weighted by molar-refractivity contribution is 7.92. The lowest BCUT2D eigenvalue weighted by Gasteiger charge is -2.08. The van der Waals surface area contributed by atoms with Crippen LogP contribution >= 0.6 is 11.3 Å². The first-order valence-electron chi connectivity index (χ1n) is 8.44. The van der Waals surface area contributed by atoms with Gasteiger partial charge in [-0.15, -0.1) is 10.2 Å². The first-order chi connectivity index (χ1) is 13.4. The zero-order valence-electron chi connectivity index (χ0n) is 14.4. The van der Waals surface area contributed by atoms with Crippen LogP contribution in [0.4, 0.5) is 15.2 Å². The summed E-state index contributed by atoms with van der Waals surface area (Å²) in [5, 5.41) is 12.0. The molecule has 0 bridgehead atoms. The summed E-state index contributed by atoms with van der Waals surface area (Å²) in [4.78, 5) is 12.3. The zero-order chi connectivity index (χ0) is 19.7. The van der Waals surface area contributed by atoms with E-state index in [-0.39, 0.29) is 10.6 Å². The van der Waals surface area contributed by atoms with E-state index in [1.807, 2.05) is 0 Å². The van der Waals surface area contributed by atoms with Crippen molar-refractivity contribution in [1.29, 1.82) is 0 Å². The highest BCUT2D eigenvalue weighted by Gasteiger charge is 2.27. The lowest BCUT2D eigenvalue weighted by atomic mass is 10.2. The molecule has 0 atom stereocenters. The van der Waals surface area contributed by atoms with Crippen molar-refractivity contribution in [3.63, 3.8) is 0 Å². The second-order valence-corrected chi connectivity index (χ2v) is 9.00. The molecule has 1 heterocycles. The van der Waals surface area contributed by atoms with Crippen LogP contribution in [0.25, 0.3) is 0 Å². The predicted molar refractivity (Wildman–Crippen MR) is 103 cm³/mol. The lowest BCUT2D eigenvalue weighted by Crippen LogP contribution is -2.14. The maximum atomic E-state index is 12.9. The molecule has 2 aromatic carbocycles. The molecule has 144 valence electrons. The molecule has 1 aliphatic carbocycles. The molecule has 0 radical (unpaired) electrons. The molecular formula is C18H15FN4O3S2. The van der Waals surface area contributed by atoms with Gasteiger partial charge in [0.05, 0.1) is 4.90 Å². The largest absolute Gasteiger partial charge is 0.296 e. The van der Waals surface area contributed by atoms with Crippen molar-refractivity contribution in [2.45, 2.75) is 23.7 Å². The Kier molecular flexibility index (Phi) is 4.82. The zero-order valence-corrected chi connectivity index (χ0v) is 16.1. The Morgan fingerprint density at radius 3 is 2.36 bits per heavy atom. The van der Waals surface area contributed by atoms with E-state index in [4.69, 9.17) is 0 Å². The number of amides is 1. The third-order valence-corrected chi connectivity index (χ3v) is 6.51. The minimum absolute atomic E-state index is 0.0136. The van der Waals surface area contributed by atoms with Gasteiger partial charge in [-0.05, 0) is 61.4 Å². The number of benzene rings is 2. The fraction of sp³-hybridized carbons (Fsp3) is 0.167. The van der Waals surface area contributed by atoms with Crippen LogP contribution in [0.1, 0.15) is 34.1 Å². The summed E-state index contributed by atoms with van der Waals surface area (Å²) in [6, 6.07) is 10.5. The van der Waals surface area contributed by atoms with Crippen LogP contribution in [-0.4, -0.2) is 24.5 Å². The average Bonchev–Trinajstić information content (AvgIpc) is 3.43. The summed E-state index contributed by atoms with van der Waals surface area (Å²) >= 11 is 1.35. The highest BCUT2D eigenvalue weighted by atomic mass is 32.2. The Balaban J connectivity index is 1.44. The molecule has 1 aromatic heterocycles. The van der Waals surface area contributed by atoms with Crippen LogP contribution in [0.2, 0.25) is 0 Å². The van der Waals surface area contributed by atoms with E-state index in [1.54, 1.807) is 0 Å². The van der Waals surface area contributed by atoms with Crippen LogP contribution in [0.3, 0.4) is 0 Å². The highest BCUT2D eigenvalue weighted by Crippen LogP contribution is 2.42. The average molecular weight is 418 g/mol. The first kappa shape index (κ1) is 18.5. The van der Waals surface area contributed by atoms with Crippen LogP contribution in [0, 0.1) is 5.82 Å². The van der Waals surface area contributed by atoms with Gasteiger partial charge >= 0.3 is 0 Å². The molecular weight excluding hydrogens is 403 g/mol. The molecule has 1 saturated carbocycles. The molecule has 0 saturated heterocycles.